The molecule has 0 fully saturated rings. The van der Waals surface area contributed by atoms with Crippen LogP contribution < -0.4 is 26.0 Å². The first-order chi connectivity index (χ1) is 13.5. The zero-order chi connectivity index (χ0) is 20.5. The van der Waals surface area contributed by atoms with Crippen molar-refractivity contribution in [2.45, 2.75) is 20.4 Å². The molecular weight excluding hydrogens is 364 g/mol. The molecule has 9 nitrogen and oxygen atoms in total. The number of aromatic amines is 1. The van der Waals surface area contributed by atoms with Crippen LogP contribution in [0.2, 0.25) is 0 Å². The number of H-pyrrole nitrogens is 1. The van der Waals surface area contributed by atoms with E-state index in [0.29, 0.717) is 23.8 Å². The molecule has 0 saturated carbocycles. The summed E-state index contributed by atoms with van der Waals surface area (Å²) in [6, 6.07) is 6.25. The van der Waals surface area contributed by atoms with Crippen LogP contribution in [0.4, 0.5) is 5.69 Å². The van der Waals surface area contributed by atoms with Crippen LogP contribution in [0.25, 0.3) is 0 Å². The minimum Gasteiger partial charge on any atom is -0.493 e. The third-order valence-electron chi connectivity index (χ3n) is 4.22. The van der Waals surface area contributed by atoms with E-state index in [9.17, 15) is 14.4 Å². The molecule has 0 atom stereocenters. The Hall–Kier alpha value is -3.07. The van der Waals surface area contributed by atoms with Crippen molar-refractivity contribution in [1.82, 2.24) is 14.5 Å². The van der Waals surface area contributed by atoms with Gasteiger partial charge in [0.15, 0.2) is 11.5 Å². The van der Waals surface area contributed by atoms with Crippen LogP contribution in [0.5, 0.6) is 11.5 Å². The lowest BCUT2D eigenvalue weighted by Gasteiger charge is -2.19. The molecule has 2 aromatic rings. The fourth-order valence-corrected chi connectivity index (χ4v) is 2.62. The lowest BCUT2D eigenvalue weighted by atomic mass is 10.2. The number of rotatable bonds is 10. The maximum atomic E-state index is 12.2. The Morgan fingerprint density at radius 2 is 1.93 bits per heavy atom. The summed E-state index contributed by atoms with van der Waals surface area (Å²) in [5.41, 5.74) is -0.637. The van der Waals surface area contributed by atoms with Crippen molar-refractivity contribution >= 4 is 11.6 Å². The van der Waals surface area contributed by atoms with Crippen molar-refractivity contribution in [2.24, 2.45) is 0 Å². The number of aromatic nitrogens is 2. The second kappa shape index (κ2) is 10.3. The van der Waals surface area contributed by atoms with Gasteiger partial charge in [0.1, 0.15) is 13.2 Å². The molecule has 0 spiro atoms. The molecule has 0 unspecified atom stereocenters. The average Bonchev–Trinajstić information content (AvgIpc) is 2.67. The monoisotopic (exact) mass is 390 g/mol. The number of ether oxygens (including phenoxy) is 2. The average molecular weight is 390 g/mol. The number of amides is 1. The van der Waals surface area contributed by atoms with Crippen molar-refractivity contribution in [3.63, 3.8) is 0 Å². The Morgan fingerprint density at radius 1 is 1.18 bits per heavy atom. The Labute approximate surface area is 162 Å². The zero-order valence-electron chi connectivity index (χ0n) is 16.4. The molecule has 0 saturated heterocycles. The lowest BCUT2D eigenvalue weighted by Crippen LogP contribution is -2.32. The van der Waals surface area contributed by atoms with Crippen molar-refractivity contribution in [3.8, 4) is 11.5 Å². The third-order valence-corrected chi connectivity index (χ3v) is 4.22. The molecule has 1 aromatic carbocycles. The van der Waals surface area contributed by atoms with Gasteiger partial charge in [0.05, 0.1) is 7.11 Å². The van der Waals surface area contributed by atoms with Gasteiger partial charge in [0.2, 0.25) is 5.91 Å². The number of likely N-dealkylation sites (N-methyl/N-ethyl adjacent to an activating group) is 1. The summed E-state index contributed by atoms with van der Waals surface area (Å²) in [7, 11) is 1.55. The highest BCUT2D eigenvalue weighted by molar-refractivity contribution is 5.90. The van der Waals surface area contributed by atoms with Crippen LogP contribution in [0.1, 0.15) is 13.8 Å². The molecule has 28 heavy (non-hydrogen) atoms. The molecule has 1 aromatic heterocycles. The van der Waals surface area contributed by atoms with Crippen LogP contribution >= 0.6 is 0 Å². The number of methoxy groups -OCH3 is 1. The first-order valence-corrected chi connectivity index (χ1v) is 9.09. The molecule has 9 heteroatoms. The van der Waals surface area contributed by atoms with Gasteiger partial charge in [-0.2, -0.15) is 0 Å². The summed E-state index contributed by atoms with van der Waals surface area (Å²) < 4.78 is 12.2. The van der Waals surface area contributed by atoms with Crippen LogP contribution in [-0.4, -0.2) is 53.7 Å². The molecule has 0 aliphatic carbocycles. The van der Waals surface area contributed by atoms with E-state index >= 15 is 0 Å². The van der Waals surface area contributed by atoms with Gasteiger partial charge in [0, 0.05) is 30.6 Å². The Balaban J connectivity index is 2.03. The van der Waals surface area contributed by atoms with Crippen molar-refractivity contribution < 1.29 is 14.3 Å². The van der Waals surface area contributed by atoms with Gasteiger partial charge in [-0.15, -0.1) is 0 Å². The van der Waals surface area contributed by atoms with E-state index in [1.165, 1.54) is 12.3 Å². The summed E-state index contributed by atoms with van der Waals surface area (Å²) in [6.07, 6.45) is 1.27. The number of benzene rings is 1. The van der Waals surface area contributed by atoms with Gasteiger partial charge < -0.3 is 19.7 Å². The largest absolute Gasteiger partial charge is 0.493 e. The first-order valence-electron chi connectivity index (χ1n) is 9.09. The second-order valence-electron chi connectivity index (χ2n) is 6.03. The normalized spacial score (nSPS) is 10.7. The molecule has 2 rings (SSSR count). The summed E-state index contributed by atoms with van der Waals surface area (Å²) >= 11 is 0. The van der Waals surface area contributed by atoms with Crippen LogP contribution in [0, 0.1) is 0 Å². The standard InChI is InChI=1S/C19H26N4O5/c1-4-22(5-2)10-11-28-16-12-14(6-7-15(16)27-3)20-18(25)13-23-9-8-17(24)21-19(23)26/h6-9,12H,4-5,10-11,13H2,1-3H3,(H,20,25)(H,21,24,26). The smallest absolute Gasteiger partial charge is 0.328 e. The molecule has 1 heterocycles. The number of carbonyl (C=O) groups is 1. The highest BCUT2D eigenvalue weighted by Crippen LogP contribution is 2.30. The molecule has 1 amide bonds. The summed E-state index contributed by atoms with van der Waals surface area (Å²) in [5.74, 6) is 0.677. The van der Waals surface area contributed by atoms with E-state index in [2.05, 4.69) is 29.0 Å². The molecule has 0 aliphatic rings. The lowest BCUT2D eigenvalue weighted by molar-refractivity contribution is -0.116. The summed E-state index contributed by atoms with van der Waals surface area (Å²) in [4.78, 5) is 39.3. The van der Waals surface area contributed by atoms with Gasteiger partial charge in [0.25, 0.3) is 5.56 Å². The van der Waals surface area contributed by atoms with E-state index in [0.717, 1.165) is 24.2 Å². The predicted octanol–water partition coefficient (Wildman–Crippen LogP) is 0.905. The number of hydrogen-bond donors (Lipinski definition) is 2. The molecule has 0 bridgehead atoms. The molecule has 0 radical (unpaired) electrons. The highest BCUT2D eigenvalue weighted by Gasteiger charge is 2.10. The van der Waals surface area contributed by atoms with Gasteiger partial charge in [-0.05, 0) is 25.2 Å². The minimum absolute atomic E-state index is 0.222. The molecule has 0 aliphatic heterocycles. The highest BCUT2D eigenvalue weighted by atomic mass is 16.5. The van der Waals surface area contributed by atoms with E-state index in [1.807, 2.05) is 0 Å². The van der Waals surface area contributed by atoms with Gasteiger partial charge in [-0.1, -0.05) is 13.8 Å². The van der Waals surface area contributed by atoms with Crippen molar-refractivity contribution in [1.29, 1.82) is 0 Å². The quantitative estimate of drug-likeness (QED) is 0.625. The summed E-state index contributed by atoms with van der Waals surface area (Å²) in [5, 5.41) is 2.71. The van der Waals surface area contributed by atoms with E-state index in [-0.39, 0.29) is 6.54 Å². The van der Waals surface area contributed by atoms with Crippen LogP contribution in [-0.2, 0) is 11.3 Å². The van der Waals surface area contributed by atoms with E-state index in [4.69, 9.17) is 9.47 Å². The Morgan fingerprint density at radius 3 is 2.57 bits per heavy atom. The maximum Gasteiger partial charge on any atom is 0.328 e. The van der Waals surface area contributed by atoms with E-state index in [1.54, 1.807) is 25.3 Å². The SMILES string of the molecule is CCN(CC)CCOc1cc(NC(=O)Cn2ccc(=O)[nH]c2=O)ccc1OC. The molecule has 2 N–H and O–H groups in total. The first kappa shape index (κ1) is 21.2. The maximum absolute atomic E-state index is 12.2. The van der Waals surface area contributed by atoms with Crippen LogP contribution in [0.3, 0.4) is 0 Å². The van der Waals surface area contributed by atoms with Gasteiger partial charge in [-0.3, -0.25) is 19.1 Å². The second-order valence-corrected chi connectivity index (χ2v) is 6.03. The third kappa shape index (κ3) is 5.98. The molecular formula is C19H26N4O5. The van der Waals surface area contributed by atoms with Gasteiger partial charge >= 0.3 is 5.69 Å². The van der Waals surface area contributed by atoms with Crippen molar-refractivity contribution in [2.75, 3.05) is 38.7 Å². The number of hydrogen-bond acceptors (Lipinski definition) is 6. The van der Waals surface area contributed by atoms with E-state index < -0.39 is 17.2 Å². The zero-order valence-corrected chi connectivity index (χ0v) is 16.4. The van der Waals surface area contributed by atoms with Gasteiger partial charge in [-0.25, -0.2) is 4.79 Å². The van der Waals surface area contributed by atoms with Crippen LogP contribution in [0.15, 0.2) is 40.1 Å². The fourth-order valence-electron chi connectivity index (χ4n) is 2.62. The number of carbonyl (C=O) groups excluding carboxylic acids is 1. The number of nitrogens with one attached hydrogen (secondary N) is 2. The molecule has 152 valence electrons. The fraction of sp³-hybridized carbons (Fsp3) is 0.421. The number of nitrogens with zero attached hydrogens (tertiary/aromatic N) is 2. The Bertz CT molecular complexity index is 902. The summed E-state index contributed by atoms with van der Waals surface area (Å²) in [6.45, 7) is 7.11. The minimum atomic E-state index is -0.641. The van der Waals surface area contributed by atoms with Crippen molar-refractivity contribution in [3.05, 3.63) is 51.3 Å². The number of anilines is 1. The Kier molecular flexibility index (Phi) is 7.82. The predicted molar refractivity (Wildman–Crippen MR) is 106 cm³/mol. The topological polar surface area (TPSA) is 106 Å².